The average Bonchev–Trinajstić information content (AvgIpc) is 2.74. The molecule has 2 aromatic rings. The van der Waals surface area contributed by atoms with Crippen LogP contribution in [0.4, 0.5) is 0 Å². The van der Waals surface area contributed by atoms with Crippen LogP contribution in [0.5, 0.6) is 17.2 Å². The monoisotopic (exact) mass is 369 g/mol. The summed E-state index contributed by atoms with van der Waals surface area (Å²) in [5, 5.41) is 3.38. The fraction of sp³-hybridized carbons (Fsp3) is 0.409. The maximum atomic E-state index is 13.6. The van der Waals surface area contributed by atoms with Crippen molar-refractivity contribution in [2.75, 3.05) is 34.4 Å². The van der Waals surface area contributed by atoms with Crippen LogP contribution in [0.3, 0.4) is 0 Å². The van der Waals surface area contributed by atoms with Crippen molar-refractivity contribution in [2.45, 2.75) is 18.8 Å². The Morgan fingerprint density at radius 1 is 0.963 bits per heavy atom. The standard InChI is InChI=1S/C22H27NO4/c1-25-18-13-17(14-19(26-2)22(18)27-3)21(24)20(15-7-5-4-6-8-15)16-9-11-23-12-10-16/h4-8,13-14,16,20,23H,9-12H2,1-3H3. The molecule has 27 heavy (non-hydrogen) atoms. The van der Waals surface area contributed by atoms with Crippen molar-refractivity contribution in [1.29, 1.82) is 0 Å². The highest BCUT2D eigenvalue weighted by molar-refractivity contribution is 6.02. The second-order valence-corrected chi connectivity index (χ2v) is 6.75. The smallest absolute Gasteiger partial charge is 0.203 e. The van der Waals surface area contributed by atoms with E-state index in [9.17, 15) is 4.79 Å². The fourth-order valence-electron chi connectivity index (χ4n) is 3.88. The number of ether oxygens (including phenoxy) is 3. The van der Waals surface area contributed by atoms with E-state index in [-0.39, 0.29) is 11.7 Å². The summed E-state index contributed by atoms with van der Waals surface area (Å²) in [4.78, 5) is 13.6. The zero-order valence-corrected chi connectivity index (χ0v) is 16.2. The van der Waals surface area contributed by atoms with E-state index >= 15 is 0 Å². The number of carbonyl (C=O) groups excluding carboxylic acids is 1. The molecular formula is C22H27NO4. The molecule has 1 heterocycles. The Labute approximate surface area is 160 Å². The summed E-state index contributed by atoms with van der Waals surface area (Å²) in [5.74, 6) is 1.70. The molecule has 0 aromatic heterocycles. The van der Waals surface area contributed by atoms with Crippen molar-refractivity contribution in [3.05, 3.63) is 53.6 Å². The van der Waals surface area contributed by atoms with Crippen molar-refractivity contribution >= 4 is 5.78 Å². The summed E-state index contributed by atoms with van der Waals surface area (Å²) in [5.41, 5.74) is 1.64. The maximum Gasteiger partial charge on any atom is 0.203 e. The van der Waals surface area contributed by atoms with Crippen LogP contribution in [-0.2, 0) is 0 Å². The molecule has 1 saturated heterocycles. The quantitative estimate of drug-likeness (QED) is 0.755. The molecular weight excluding hydrogens is 342 g/mol. The van der Waals surface area contributed by atoms with Crippen LogP contribution in [0.25, 0.3) is 0 Å². The van der Waals surface area contributed by atoms with Crippen molar-refractivity contribution in [2.24, 2.45) is 5.92 Å². The van der Waals surface area contributed by atoms with Gasteiger partial charge < -0.3 is 19.5 Å². The van der Waals surface area contributed by atoms with Crippen LogP contribution in [0.15, 0.2) is 42.5 Å². The lowest BCUT2D eigenvalue weighted by atomic mass is 9.76. The Morgan fingerprint density at radius 2 is 1.56 bits per heavy atom. The normalized spacial score (nSPS) is 15.8. The van der Waals surface area contributed by atoms with Gasteiger partial charge in [-0.15, -0.1) is 0 Å². The van der Waals surface area contributed by atoms with E-state index < -0.39 is 0 Å². The predicted molar refractivity (Wildman–Crippen MR) is 105 cm³/mol. The number of rotatable bonds is 7. The minimum Gasteiger partial charge on any atom is -0.493 e. The van der Waals surface area contributed by atoms with Crippen LogP contribution in [0.2, 0.25) is 0 Å². The van der Waals surface area contributed by atoms with E-state index in [1.807, 2.05) is 30.3 Å². The highest BCUT2D eigenvalue weighted by Gasteiger charge is 2.32. The molecule has 1 atom stereocenters. The Morgan fingerprint density at radius 3 is 2.07 bits per heavy atom. The summed E-state index contributed by atoms with van der Waals surface area (Å²) in [6, 6.07) is 13.6. The van der Waals surface area contributed by atoms with Gasteiger partial charge in [0.15, 0.2) is 17.3 Å². The molecule has 0 amide bonds. The first-order valence-electron chi connectivity index (χ1n) is 9.29. The fourth-order valence-corrected chi connectivity index (χ4v) is 3.88. The summed E-state index contributed by atoms with van der Waals surface area (Å²) in [7, 11) is 4.68. The van der Waals surface area contributed by atoms with Crippen LogP contribution >= 0.6 is 0 Å². The third-order valence-electron chi connectivity index (χ3n) is 5.25. The van der Waals surface area contributed by atoms with Gasteiger partial charge in [0.1, 0.15) is 0 Å². The van der Waals surface area contributed by atoms with Crippen molar-refractivity contribution in [3.63, 3.8) is 0 Å². The third-order valence-corrected chi connectivity index (χ3v) is 5.25. The SMILES string of the molecule is COc1cc(C(=O)C(c2ccccc2)C2CCNCC2)cc(OC)c1OC. The molecule has 3 rings (SSSR count). The van der Waals surface area contributed by atoms with E-state index in [0.29, 0.717) is 28.7 Å². The topological polar surface area (TPSA) is 56.8 Å². The lowest BCUT2D eigenvalue weighted by Crippen LogP contribution is -2.33. The maximum absolute atomic E-state index is 13.6. The van der Waals surface area contributed by atoms with Crippen molar-refractivity contribution in [3.8, 4) is 17.2 Å². The average molecular weight is 369 g/mol. The zero-order valence-electron chi connectivity index (χ0n) is 16.2. The molecule has 1 N–H and O–H groups in total. The van der Waals surface area contributed by atoms with Gasteiger partial charge in [-0.3, -0.25) is 4.79 Å². The number of hydrogen-bond donors (Lipinski definition) is 1. The van der Waals surface area contributed by atoms with Gasteiger partial charge in [-0.2, -0.15) is 0 Å². The van der Waals surface area contributed by atoms with E-state index in [2.05, 4.69) is 5.32 Å². The van der Waals surface area contributed by atoms with Gasteiger partial charge in [0, 0.05) is 5.56 Å². The van der Waals surface area contributed by atoms with E-state index in [0.717, 1.165) is 31.5 Å². The van der Waals surface area contributed by atoms with Gasteiger partial charge in [0.25, 0.3) is 0 Å². The van der Waals surface area contributed by atoms with E-state index in [1.165, 1.54) is 0 Å². The molecule has 2 aromatic carbocycles. The second-order valence-electron chi connectivity index (χ2n) is 6.75. The summed E-state index contributed by atoms with van der Waals surface area (Å²) < 4.78 is 16.3. The number of methoxy groups -OCH3 is 3. The molecule has 1 fully saturated rings. The second kappa shape index (κ2) is 8.91. The number of ketones is 1. The first kappa shape index (κ1) is 19.2. The highest BCUT2D eigenvalue weighted by Crippen LogP contribution is 2.41. The summed E-state index contributed by atoms with van der Waals surface area (Å²) in [6.07, 6.45) is 1.96. The highest BCUT2D eigenvalue weighted by atomic mass is 16.5. The molecule has 0 radical (unpaired) electrons. The predicted octanol–water partition coefficient (Wildman–Crippen LogP) is 3.68. The van der Waals surface area contributed by atoms with E-state index in [4.69, 9.17) is 14.2 Å². The number of piperidine rings is 1. The van der Waals surface area contributed by atoms with Crippen LogP contribution in [0, 0.1) is 5.92 Å². The lowest BCUT2D eigenvalue weighted by molar-refractivity contribution is 0.0915. The molecule has 5 nitrogen and oxygen atoms in total. The Hall–Kier alpha value is -2.53. The van der Waals surface area contributed by atoms with Gasteiger partial charge in [-0.1, -0.05) is 30.3 Å². The molecule has 0 saturated carbocycles. The molecule has 1 unspecified atom stereocenters. The van der Waals surface area contributed by atoms with Gasteiger partial charge in [-0.05, 0) is 49.5 Å². The van der Waals surface area contributed by atoms with Gasteiger partial charge in [0.2, 0.25) is 5.75 Å². The molecule has 144 valence electrons. The zero-order chi connectivity index (χ0) is 19.2. The Balaban J connectivity index is 2.03. The Kier molecular flexibility index (Phi) is 6.35. The van der Waals surface area contributed by atoms with Crippen LogP contribution in [0.1, 0.15) is 34.7 Å². The molecule has 0 aliphatic carbocycles. The minimum absolute atomic E-state index is 0.0901. The number of carbonyl (C=O) groups is 1. The van der Waals surface area contributed by atoms with Gasteiger partial charge >= 0.3 is 0 Å². The largest absolute Gasteiger partial charge is 0.493 e. The van der Waals surface area contributed by atoms with Crippen molar-refractivity contribution in [1.82, 2.24) is 5.32 Å². The van der Waals surface area contributed by atoms with Crippen LogP contribution in [-0.4, -0.2) is 40.2 Å². The molecule has 1 aliphatic rings. The number of hydrogen-bond acceptors (Lipinski definition) is 5. The van der Waals surface area contributed by atoms with Gasteiger partial charge in [-0.25, -0.2) is 0 Å². The minimum atomic E-state index is -0.184. The molecule has 0 spiro atoms. The summed E-state index contributed by atoms with van der Waals surface area (Å²) >= 11 is 0. The third kappa shape index (κ3) is 4.08. The molecule has 1 aliphatic heterocycles. The summed E-state index contributed by atoms with van der Waals surface area (Å²) in [6.45, 7) is 1.88. The van der Waals surface area contributed by atoms with Gasteiger partial charge in [0.05, 0.1) is 27.2 Å². The number of nitrogens with one attached hydrogen (secondary N) is 1. The Bertz CT molecular complexity index is 744. The number of Topliss-reactive ketones (excluding diaryl/α,β-unsaturated/α-hetero) is 1. The van der Waals surface area contributed by atoms with Crippen molar-refractivity contribution < 1.29 is 19.0 Å². The molecule has 5 heteroatoms. The molecule has 0 bridgehead atoms. The van der Waals surface area contributed by atoms with E-state index in [1.54, 1.807) is 33.5 Å². The number of benzene rings is 2. The van der Waals surface area contributed by atoms with Crippen LogP contribution < -0.4 is 19.5 Å². The lowest BCUT2D eigenvalue weighted by Gasteiger charge is -2.30. The first-order chi connectivity index (χ1) is 13.2. The first-order valence-corrected chi connectivity index (χ1v) is 9.29.